The van der Waals surface area contributed by atoms with Gasteiger partial charge in [-0.25, -0.2) is 0 Å². The van der Waals surface area contributed by atoms with Crippen LogP contribution in [-0.4, -0.2) is 28.5 Å². The molecule has 1 aliphatic rings. The normalized spacial score (nSPS) is 18.9. The maximum absolute atomic E-state index is 10.9. The van der Waals surface area contributed by atoms with Crippen LogP contribution in [0.4, 0.5) is 17.1 Å². The van der Waals surface area contributed by atoms with Crippen LogP contribution >= 0.6 is 11.8 Å². The summed E-state index contributed by atoms with van der Waals surface area (Å²) in [5.41, 5.74) is 7.12. The van der Waals surface area contributed by atoms with Gasteiger partial charge in [-0.05, 0) is 12.5 Å². The van der Waals surface area contributed by atoms with Crippen LogP contribution in [0.3, 0.4) is 0 Å². The molecule has 1 aromatic rings. The minimum Gasteiger partial charge on any atom is -0.398 e. The number of hydrogen-bond acceptors (Lipinski definition) is 5. The number of hydrogen-bond donors (Lipinski definition) is 1. The lowest BCUT2D eigenvalue weighted by Gasteiger charge is -2.24. The molecule has 1 aromatic carbocycles. The van der Waals surface area contributed by atoms with Gasteiger partial charge >= 0.3 is 0 Å². The highest BCUT2D eigenvalue weighted by molar-refractivity contribution is 8.00. The summed E-state index contributed by atoms with van der Waals surface area (Å²) in [5.74, 6) is 1.02. The lowest BCUT2D eigenvalue weighted by molar-refractivity contribution is -0.384. The molecule has 1 saturated heterocycles. The van der Waals surface area contributed by atoms with Gasteiger partial charge in [0, 0.05) is 47.1 Å². The monoisotopic (exact) mass is 281 g/mol. The van der Waals surface area contributed by atoms with E-state index in [4.69, 9.17) is 5.73 Å². The summed E-state index contributed by atoms with van der Waals surface area (Å²) < 4.78 is 0.265. The minimum absolute atomic E-state index is 0.0613. The van der Waals surface area contributed by atoms with Crippen molar-refractivity contribution in [1.82, 2.24) is 0 Å². The summed E-state index contributed by atoms with van der Waals surface area (Å²) >= 11 is 1.95. The van der Waals surface area contributed by atoms with Crippen molar-refractivity contribution in [2.45, 2.75) is 25.0 Å². The predicted octanol–water partition coefficient (Wildman–Crippen LogP) is 2.90. The molecule has 0 aliphatic carbocycles. The van der Waals surface area contributed by atoms with E-state index in [1.165, 1.54) is 6.07 Å². The van der Waals surface area contributed by atoms with Gasteiger partial charge in [0.05, 0.1) is 4.92 Å². The minimum atomic E-state index is -0.392. The van der Waals surface area contributed by atoms with Crippen molar-refractivity contribution < 1.29 is 4.92 Å². The summed E-state index contributed by atoms with van der Waals surface area (Å²) in [5, 5.41) is 10.9. The molecule has 0 atom stereocenters. The number of non-ortho nitro benzene ring substituents is 1. The van der Waals surface area contributed by atoms with Gasteiger partial charge in [0.2, 0.25) is 0 Å². The van der Waals surface area contributed by atoms with Crippen LogP contribution in [0.2, 0.25) is 0 Å². The fourth-order valence-corrected chi connectivity index (χ4v) is 3.28. The number of nitro groups is 1. The number of anilines is 2. The first-order valence-corrected chi connectivity index (χ1v) is 7.30. The molecule has 104 valence electrons. The summed E-state index contributed by atoms with van der Waals surface area (Å²) in [6.45, 7) is 6.28. The van der Waals surface area contributed by atoms with E-state index >= 15 is 0 Å². The second-order valence-electron chi connectivity index (χ2n) is 5.39. The Labute approximate surface area is 117 Å². The van der Waals surface area contributed by atoms with E-state index < -0.39 is 4.92 Å². The van der Waals surface area contributed by atoms with E-state index in [1.54, 1.807) is 6.07 Å². The van der Waals surface area contributed by atoms with Crippen LogP contribution < -0.4 is 10.6 Å². The SMILES string of the molecule is CC1(C)CCN(c2cc(N)cc([N+](=O)[O-])c2)CCS1. The third-order valence-electron chi connectivity index (χ3n) is 3.34. The highest BCUT2D eigenvalue weighted by Crippen LogP contribution is 2.33. The first-order valence-electron chi connectivity index (χ1n) is 6.31. The van der Waals surface area contributed by atoms with Crippen molar-refractivity contribution in [3.63, 3.8) is 0 Å². The first kappa shape index (κ1) is 14.0. The van der Waals surface area contributed by atoms with Crippen molar-refractivity contribution in [2.75, 3.05) is 29.5 Å². The van der Waals surface area contributed by atoms with Crippen molar-refractivity contribution in [3.8, 4) is 0 Å². The maximum Gasteiger partial charge on any atom is 0.273 e. The Hall–Kier alpha value is -1.43. The molecule has 0 unspecified atom stereocenters. The Bertz CT molecular complexity index is 491. The molecule has 2 N–H and O–H groups in total. The molecule has 2 rings (SSSR count). The van der Waals surface area contributed by atoms with Crippen molar-refractivity contribution >= 4 is 28.8 Å². The van der Waals surface area contributed by atoms with Gasteiger partial charge in [-0.3, -0.25) is 10.1 Å². The fourth-order valence-electron chi connectivity index (χ4n) is 2.18. The average molecular weight is 281 g/mol. The molecule has 0 bridgehead atoms. The molecule has 0 spiro atoms. The first-order chi connectivity index (χ1) is 8.87. The third kappa shape index (κ3) is 3.53. The maximum atomic E-state index is 10.9. The Morgan fingerprint density at radius 2 is 2.11 bits per heavy atom. The van der Waals surface area contributed by atoms with Crippen molar-refractivity contribution in [3.05, 3.63) is 28.3 Å². The van der Waals surface area contributed by atoms with Gasteiger partial charge in [-0.2, -0.15) is 11.8 Å². The number of nitrogen functional groups attached to an aromatic ring is 1. The molecule has 0 radical (unpaired) electrons. The molecule has 1 aliphatic heterocycles. The Morgan fingerprint density at radius 1 is 1.37 bits per heavy atom. The van der Waals surface area contributed by atoms with E-state index in [9.17, 15) is 10.1 Å². The lowest BCUT2D eigenvalue weighted by Crippen LogP contribution is -2.27. The number of nitrogens with two attached hydrogens (primary N) is 1. The van der Waals surface area contributed by atoms with Gasteiger partial charge in [-0.1, -0.05) is 13.8 Å². The number of nitro benzene ring substituents is 1. The molecular formula is C13H19N3O2S. The molecule has 1 heterocycles. The zero-order valence-corrected chi connectivity index (χ0v) is 12.1. The van der Waals surface area contributed by atoms with Gasteiger partial charge < -0.3 is 10.6 Å². The Morgan fingerprint density at radius 3 is 2.79 bits per heavy atom. The molecule has 0 saturated carbocycles. The predicted molar refractivity (Wildman–Crippen MR) is 80.9 cm³/mol. The quantitative estimate of drug-likeness (QED) is 0.512. The molecule has 0 aromatic heterocycles. The van der Waals surface area contributed by atoms with Gasteiger partial charge in [0.1, 0.15) is 0 Å². The zero-order chi connectivity index (χ0) is 14.0. The standard InChI is InChI=1S/C13H19N3O2S/c1-13(2)3-4-15(5-6-19-13)11-7-10(14)8-12(9-11)16(17)18/h7-9H,3-6,14H2,1-2H3. The van der Waals surface area contributed by atoms with E-state index in [0.717, 1.165) is 31.0 Å². The number of benzene rings is 1. The van der Waals surface area contributed by atoms with Crippen LogP contribution in [-0.2, 0) is 0 Å². The van der Waals surface area contributed by atoms with Gasteiger partial charge in [-0.15, -0.1) is 0 Å². The van der Waals surface area contributed by atoms with E-state index in [0.29, 0.717) is 5.69 Å². The summed E-state index contributed by atoms with van der Waals surface area (Å²) in [4.78, 5) is 12.7. The topological polar surface area (TPSA) is 72.4 Å². The second-order valence-corrected chi connectivity index (χ2v) is 7.19. The summed E-state index contributed by atoms with van der Waals surface area (Å²) in [7, 11) is 0. The summed E-state index contributed by atoms with van der Waals surface area (Å²) in [6, 6.07) is 4.83. The van der Waals surface area contributed by atoms with Gasteiger partial charge in [0.25, 0.3) is 5.69 Å². The fraction of sp³-hybridized carbons (Fsp3) is 0.538. The average Bonchev–Trinajstić information content (AvgIpc) is 2.49. The Balaban J connectivity index is 2.24. The highest BCUT2D eigenvalue weighted by atomic mass is 32.2. The van der Waals surface area contributed by atoms with E-state index in [-0.39, 0.29) is 10.4 Å². The zero-order valence-electron chi connectivity index (χ0n) is 11.3. The molecule has 5 nitrogen and oxygen atoms in total. The number of nitrogens with zero attached hydrogens (tertiary/aromatic N) is 2. The van der Waals surface area contributed by atoms with Gasteiger partial charge in [0.15, 0.2) is 0 Å². The smallest absolute Gasteiger partial charge is 0.273 e. The molecular weight excluding hydrogens is 262 g/mol. The van der Waals surface area contributed by atoms with Crippen molar-refractivity contribution in [1.29, 1.82) is 0 Å². The van der Waals surface area contributed by atoms with E-state index in [2.05, 4.69) is 18.7 Å². The van der Waals surface area contributed by atoms with Crippen LogP contribution in [0.1, 0.15) is 20.3 Å². The van der Waals surface area contributed by atoms with Crippen LogP contribution in [0.25, 0.3) is 0 Å². The summed E-state index contributed by atoms with van der Waals surface area (Å²) in [6.07, 6.45) is 1.06. The molecule has 6 heteroatoms. The second kappa shape index (κ2) is 5.28. The number of rotatable bonds is 2. The highest BCUT2D eigenvalue weighted by Gasteiger charge is 2.24. The Kier molecular flexibility index (Phi) is 3.89. The number of thioether (sulfide) groups is 1. The van der Waals surface area contributed by atoms with E-state index in [1.807, 2.05) is 17.8 Å². The van der Waals surface area contributed by atoms with Crippen LogP contribution in [0.5, 0.6) is 0 Å². The van der Waals surface area contributed by atoms with Crippen LogP contribution in [0, 0.1) is 10.1 Å². The lowest BCUT2D eigenvalue weighted by atomic mass is 10.1. The molecule has 0 amide bonds. The third-order valence-corrected chi connectivity index (χ3v) is 4.71. The largest absolute Gasteiger partial charge is 0.398 e. The van der Waals surface area contributed by atoms with Crippen LogP contribution in [0.15, 0.2) is 18.2 Å². The van der Waals surface area contributed by atoms with Crippen molar-refractivity contribution in [2.24, 2.45) is 0 Å². The molecule has 1 fully saturated rings. The molecule has 19 heavy (non-hydrogen) atoms.